The molecule has 1 aliphatic heterocycles. The summed E-state index contributed by atoms with van der Waals surface area (Å²) in [5.41, 5.74) is 0.732. The minimum atomic E-state index is -1.09. The molecule has 1 atom stereocenters. The van der Waals surface area contributed by atoms with Gasteiger partial charge in [0, 0.05) is 17.1 Å². The Labute approximate surface area is 141 Å². The predicted molar refractivity (Wildman–Crippen MR) is 82.2 cm³/mol. The number of amides is 1. The maximum absolute atomic E-state index is 12.3. The maximum Gasteiger partial charge on any atom is 0.334 e. The first-order valence-corrected chi connectivity index (χ1v) is 7.56. The molecule has 0 radical (unpaired) electrons. The number of hydrogen-bond acceptors (Lipinski definition) is 6. The zero-order valence-corrected chi connectivity index (χ0v) is 13.3. The Kier molecular flexibility index (Phi) is 4.72. The molecular weight excluding hydrogens is 338 g/mol. The summed E-state index contributed by atoms with van der Waals surface area (Å²) in [4.78, 5) is 25.8. The van der Waals surface area contributed by atoms with Crippen molar-refractivity contribution in [2.75, 3.05) is 19.7 Å². The van der Waals surface area contributed by atoms with Gasteiger partial charge < -0.3 is 14.7 Å². The second-order valence-corrected chi connectivity index (χ2v) is 5.62. The van der Waals surface area contributed by atoms with Gasteiger partial charge in [-0.3, -0.25) is 4.79 Å². The molecule has 3 rings (SSSR count). The molecule has 1 fully saturated rings. The molecule has 1 aromatic heterocycles. The van der Waals surface area contributed by atoms with Gasteiger partial charge in [-0.05, 0) is 29.5 Å². The molecule has 2 aromatic rings. The van der Waals surface area contributed by atoms with Crippen molar-refractivity contribution in [3.63, 3.8) is 0 Å². The van der Waals surface area contributed by atoms with Gasteiger partial charge in [-0.2, -0.15) is 4.80 Å². The van der Waals surface area contributed by atoms with Crippen LogP contribution < -0.4 is 0 Å². The molecule has 0 unspecified atom stereocenters. The number of aromatic nitrogens is 4. The molecule has 1 aromatic carbocycles. The number of ether oxygens (including phenoxy) is 1. The quantitative estimate of drug-likeness (QED) is 0.843. The number of carboxylic acids is 1. The third kappa shape index (κ3) is 3.69. The lowest BCUT2D eigenvalue weighted by Gasteiger charge is -2.30. The van der Waals surface area contributed by atoms with Crippen LogP contribution in [0.4, 0.5) is 0 Å². The number of carboxylic acid groups (broad SMARTS) is 1. The van der Waals surface area contributed by atoms with E-state index < -0.39 is 12.1 Å². The number of nitrogens with zero attached hydrogens (tertiary/aromatic N) is 5. The summed E-state index contributed by atoms with van der Waals surface area (Å²) in [6.45, 7) is 0.407. The van der Waals surface area contributed by atoms with Gasteiger partial charge in [0.1, 0.15) is 6.54 Å². The molecule has 1 aliphatic rings. The van der Waals surface area contributed by atoms with E-state index in [1.54, 1.807) is 24.3 Å². The van der Waals surface area contributed by atoms with Crippen LogP contribution in [-0.4, -0.2) is 67.9 Å². The van der Waals surface area contributed by atoms with Crippen molar-refractivity contribution in [3.05, 3.63) is 29.3 Å². The molecule has 0 saturated carbocycles. The second-order valence-electron chi connectivity index (χ2n) is 5.19. The van der Waals surface area contributed by atoms with E-state index in [0.717, 1.165) is 5.56 Å². The predicted octanol–water partition coefficient (Wildman–Crippen LogP) is 0.306. The van der Waals surface area contributed by atoms with E-state index in [4.69, 9.17) is 21.4 Å². The van der Waals surface area contributed by atoms with Crippen molar-refractivity contribution >= 4 is 23.5 Å². The number of halogens is 1. The Morgan fingerprint density at radius 1 is 1.33 bits per heavy atom. The molecule has 0 aliphatic carbocycles. The minimum Gasteiger partial charge on any atom is -0.479 e. The van der Waals surface area contributed by atoms with Crippen LogP contribution in [0.25, 0.3) is 11.4 Å². The summed E-state index contributed by atoms with van der Waals surface area (Å²) >= 11 is 5.83. The largest absolute Gasteiger partial charge is 0.479 e. The van der Waals surface area contributed by atoms with Crippen molar-refractivity contribution in [1.29, 1.82) is 0 Å². The van der Waals surface area contributed by atoms with Crippen LogP contribution in [0.15, 0.2) is 24.3 Å². The van der Waals surface area contributed by atoms with Gasteiger partial charge in [0.2, 0.25) is 11.7 Å². The first kappa shape index (κ1) is 16.3. The number of carbonyl (C=O) groups excluding carboxylic acids is 1. The van der Waals surface area contributed by atoms with E-state index in [9.17, 15) is 9.59 Å². The molecule has 9 nitrogen and oxygen atoms in total. The van der Waals surface area contributed by atoms with Crippen LogP contribution in [0.3, 0.4) is 0 Å². The summed E-state index contributed by atoms with van der Waals surface area (Å²) in [6.07, 6.45) is -1.00. The Balaban J connectivity index is 1.65. The highest BCUT2D eigenvalue weighted by molar-refractivity contribution is 6.30. The molecule has 126 valence electrons. The van der Waals surface area contributed by atoms with Gasteiger partial charge >= 0.3 is 5.97 Å². The highest BCUT2D eigenvalue weighted by atomic mass is 35.5. The van der Waals surface area contributed by atoms with Gasteiger partial charge in [0.05, 0.1) is 13.2 Å². The van der Waals surface area contributed by atoms with E-state index in [1.807, 2.05) is 0 Å². The number of carbonyl (C=O) groups is 2. The molecule has 2 heterocycles. The van der Waals surface area contributed by atoms with E-state index in [2.05, 4.69) is 15.4 Å². The van der Waals surface area contributed by atoms with Crippen LogP contribution in [-0.2, 0) is 20.9 Å². The molecule has 1 saturated heterocycles. The van der Waals surface area contributed by atoms with Crippen molar-refractivity contribution in [2.45, 2.75) is 12.6 Å². The summed E-state index contributed by atoms with van der Waals surface area (Å²) in [5.74, 6) is -0.995. The van der Waals surface area contributed by atoms with E-state index in [0.29, 0.717) is 17.4 Å². The molecular formula is C14H14ClN5O4. The van der Waals surface area contributed by atoms with Gasteiger partial charge in [0.25, 0.3) is 0 Å². The molecule has 10 heteroatoms. The van der Waals surface area contributed by atoms with Gasteiger partial charge in [-0.25, -0.2) is 4.79 Å². The average Bonchev–Trinajstić information content (AvgIpc) is 3.04. The van der Waals surface area contributed by atoms with Crippen molar-refractivity contribution in [3.8, 4) is 11.4 Å². The zero-order chi connectivity index (χ0) is 17.1. The second kappa shape index (κ2) is 6.93. The lowest BCUT2D eigenvalue weighted by Crippen LogP contribution is -2.49. The molecule has 24 heavy (non-hydrogen) atoms. The van der Waals surface area contributed by atoms with Gasteiger partial charge in [0.15, 0.2) is 6.10 Å². The monoisotopic (exact) mass is 351 g/mol. The van der Waals surface area contributed by atoms with Crippen molar-refractivity contribution < 1.29 is 19.4 Å². The first-order valence-electron chi connectivity index (χ1n) is 7.19. The first-order chi connectivity index (χ1) is 11.5. The minimum absolute atomic E-state index is 0.00685. The van der Waals surface area contributed by atoms with E-state index >= 15 is 0 Å². The molecule has 0 bridgehead atoms. The Morgan fingerprint density at radius 3 is 2.79 bits per heavy atom. The average molecular weight is 352 g/mol. The summed E-state index contributed by atoms with van der Waals surface area (Å²) in [6, 6.07) is 6.93. The fourth-order valence-electron chi connectivity index (χ4n) is 2.27. The van der Waals surface area contributed by atoms with Gasteiger partial charge in [-0.1, -0.05) is 11.6 Å². The van der Waals surface area contributed by atoms with Crippen LogP contribution in [0.2, 0.25) is 5.02 Å². The summed E-state index contributed by atoms with van der Waals surface area (Å²) in [7, 11) is 0. The zero-order valence-electron chi connectivity index (χ0n) is 12.5. The number of tetrazole rings is 1. The lowest BCUT2D eigenvalue weighted by molar-refractivity contribution is -0.159. The number of benzene rings is 1. The van der Waals surface area contributed by atoms with E-state index in [1.165, 1.54) is 9.70 Å². The third-order valence-corrected chi connectivity index (χ3v) is 3.78. The topological polar surface area (TPSA) is 110 Å². The molecule has 0 spiro atoms. The smallest absolute Gasteiger partial charge is 0.334 e. The highest BCUT2D eigenvalue weighted by Gasteiger charge is 2.29. The standard InChI is InChI=1S/C14H14ClN5O4/c15-10-3-1-9(2-4-10)13-16-18-20(17-13)8-12(21)19-5-6-24-11(7-19)14(22)23/h1-4,11H,5-8H2,(H,22,23)/t11-/m0/s1. The maximum atomic E-state index is 12.3. The Hall–Kier alpha value is -2.52. The Morgan fingerprint density at radius 2 is 2.08 bits per heavy atom. The third-order valence-electron chi connectivity index (χ3n) is 3.53. The summed E-state index contributed by atoms with van der Waals surface area (Å²) < 4.78 is 5.09. The van der Waals surface area contributed by atoms with Crippen molar-refractivity contribution in [2.24, 2.45) is 0 Å². The lowest BCUT2D eigenvalue weighted by atomic mass is 10.2. The van der Waals surface area contributed by atoms with Crippen LogP contribution >= 0.6 is 11.6 Å². The van der Waals surface area contributed by atoms with Crippen LogP contribution in [0.5, 0.6) is 0 Å². The number of rotatable bonds is 4. The molecule has 1 amide bonds. The van der Waals surface area contributed by atoms with Gasteiger partial charge in [-0.15, -0.1) is 10.2 Å². The molecule has 1 N–H and O–H groups in total. The normalized spacial score (nSPS) is 17.7. The van der Waals surface area contributed by atoms with E-state index in [-0.39, 0.29) is 25.6 Å². The Bertz CT molecular complexity index is 748. The van der Waals surface area contributed by atoms with Crippen LogP contribution in [0.1, 0.15) is 0 Å². The SMILES string of the molecule is O=C(O)[C@@H]1CN(C(=O)Cn2nnc(-c3ccc(Cl)cc3)n2)CCO1. The number of aliphatic carboxylic acids is 1. The fourth-order valence-corrected chi connectivity index (χ4v) is 2.40. The van der Waals surface area contributed by atoms with Crippen LogP contribution in [0, 0.1) is 0 Å². The number of hydrogen-bond donors (Lipinski definition) is 1. The summed E-state index contributed by atoms with van der Waals surface area (Å²) in [5, 5.41) is 21.5. The fraction of sp³-hybridized carbons (Fsp3) is 0.357. The van der Waals surface area contributed by atoms with Crippen molar-refractivity contribution in [1.82, 2.24) is 25.1 Å². The number of morpholine rings is 1. The highest BCUT2D eigenvalue weighted by Crippen LogP contribution is 2.17.